The number of benzene rings is 6. The summed E-state index contributed by atoms with van der Waals surface area (Å²) < 4.78 is 53.2. The number of thiophene rings is 1. The van der Waals surface area contributed by atoms with Gasteiger partial charge in [0.05, 0.1) is 16.7 Å². The van der Waals surface area contributed by atoms with Crippen LogP contribution in [0.5, 0.6) is 0 Å². The normalized spacial score (nSPS) is 14.3. The van der Waals surface area contributed by atoms with Gasteiger partial charge in [0, 0.05) is 34.0 Å². The SMILES string of the molecule is [2H]C([2H])([2H])c1ccc(-c2ccc3c(c2)sc2c(-c4nc5ccccc5n4-c4c(C(C)C)cc(-c5ccccc5)cc4C(C)C)ccc(C([2H])([2H])[2H])c23)cc1. The summed E-state index contributed by atoms with van der Waals surface area (Å²) in [5, 5.41) is 1.58. The second kappa shape index (κ2) is 11.9. The van der Waals surface area contributed by atoms with E-state index in [0.29, 0.717) is 16.5 Å². The minimum Gasteiger partial charge on any atom is -0.292 e. The topological polar surface area (TPSA) is 17.8 Å². The summed E-state index contributed by atoms with van der Waals surface area (Å²) in [6.45, 7) is 4.43. The summed E-state index contributed by atoms with van der Waals surface area (Å²) in [5.41, 5.74) is 11.0. The van der Waals surface area contributed by atoms with Crippen molar-refractivity contribution >= 4 is 42.5 Å². The molecule has 0 atom stereocenters. The Morgan fingerprint density at radius 2 is 1.33 bits per heavy atom. The van der Waals surface area contributed by atoms with Crippen LogP contribution < -0.4 is 0 Å². The monoisotopic (exact) mass is 646 g/mol. The summed E-state index contributed by atoms with van der Waals surface area (Å²) in [5.74, 6) is 1.16. The Labute approximate surface area is 295 Å². The van der Waals surface area contributed by atoms with Gasteiger partial charge in [0.15, 0.2) is 0 Å². The largest absolute Gasteiger partial charge is 0.292 e. The molecule has 0 N–H and O–H groups in total. The molecule has 0 aliphatic carbocycles. The summed E-state index contributed by atoms with van der Waals surface area (Å²) in [6, 6.07) is 40.1. The first-order valence-electron chi connectivity index (χ1n) is 19.5. The first-order chi connectivity index (χ1) is 25.7. The molecule has 0 saturated heterocycles. The Hall–Kier alpha value is -4.99. The highest BCUT2D eigenvalue weighted by atomic mass is 32.1. The molecule has 0 unspecified atom stereocenters. The van der Waals surface area contributed by atoms with E-state index < -0.39 is 13.7 Å². The number of hydrogen-bond donors (Lipinski definition) is 0. The van der Waals surface area contributed by atoms with Gasteiger partial charge in [-0.05, 0) is 101 Å². The van der Waals surface area contributed by atoms with Crippen molar-refractivity contribution in [3.63, 3.8) is 0 Å². The second-order valence-electron chi connectivity index (χ2n) is 13.2. The fourth-order valence-corrected chi connectivity index (χ4v) is 8.22. The first-order valence-corrected chi connectivity index (χ1v) is 17.3. The van der Waals surface area contributed by atoms with Crippen LogP contribution in [0.15, 0.2) is 121 Å². The van der Waals surface area contributed by atoms with Gasteiger partial charge in [-0.15, -0.1) is 11.3 Å². The fourth-order valence-electron chi connectivity index (χ4n) is 6.95. The Bertz CT molecular complexity index is 2650. The average Bonchev–Trinajstić information content (AvgIpc) is 3.72. The molecule has 2 heterocycles. The molecule has 6 aromatic carbocycles. The van der Waals surface area contributed by atoms with E-state index in [1.807, 2.05) is 54.6 Å². The van der Waals surface area contributed by atoms with Gasteiger partial charge in [0.2, 0.25) is 0 Å². The maximum absolute atomic E-state index is 8.57. The zero-order valence-corrected chi connectivity index (χ0v) is 28.3. The third-order valence-corrected chi connectivity index (χ3v) is 10.6. The lowest BCUT2D eigenvalue weighted by Crippen LogP contribution is -2.09. The van der Waals surface area contributed by atoms with Gasteiger partial charge in [-0.2, -0.15) is 0 Å². The van der Waals surface area contributed by atoms with Crippen molar-refractivity contribution in [2.24, 2.45) is 0 Å². The van der Waals surface area contributed by atoms with Crippen molar-refractivity contribution in [1.82, 2.24) is 9.55 Å². The van der Waals surface area contributed by atoms with E-state index in [9.17, 15) is 0 Å². The van der Waals surface area contributed by atoms with Gasteiger partial charge >= 0.3 is 0 Å². The second-order valence-corrected chi connectivity index (χ2v) is 14.2. The highest BCUT2D eigenvalue weighted by Crippen LogP contribution is 2.45. The van der Waals surface area contributed by atoms with Gasteiger partial charge in [-0.25, -0.2) is 4.98 Å². The molecule has 2 aromatic heterocycles. The van der Waals surface area contributed by atoms with E-state index in [2.05, 4.69) is 80.8 Å². The zero-order chi connectivity index (χ0) is 38.1. The van der Waals surface area contributed by atoms with Crippen LogP contribution in [-0.2, 0) is 0 Å². The maximum Gasteiger partial charge on any atom is 0.147 e. The average molecular weight is 647 g/mol. The molecule has 8 rings (SSSR count). The highest BCUT2D eigenvalue weighted by Gasteiger charge is 2.25. The van der Waals surface area contributed by atoms with Crippen LogP contribution in [0.4, 0.5) is 0 Å². The lowest BCUT2D eigenvalue weighted by Gasteiger charge is -2.24. The van der Waals surface area contributed by atoms with Crippen molar-refractivity contribution in [3.05, 3.63) is 144 Å². The van der Waals surface area contributed by atoms with Crippen LogP contribution >= 0.6 is 11.3 Å². The Morgan fingerprint density at radius 1 is 0.646 bits per heavy atom. The molecule has 3 heteroatoms. The molecular weight excluding hydrogens is 601 g/mol. The molecule has 0 aliphatic rings. The van der Waals surface area contributed by atoms with Crippen LogP contribution in [0.25, 0.3) is 70.5 Å². The predicted octanol–water partition coefficient (Wildman–Crippen LogP) is 13.3. The van der Waals surface area contributed by atoms with Crippen LogP contribution in [0.2, 0.25) is 0 Å². The van der Waals surface area contributed by atoms with E-state index in [0.717, 1.165) is 54.0 Å². The molecule has 236 valence electrons. The Kier molecular flexibility index (Phi) is 6.01. The number of imidazole rings is 1. The van der Waals surface area contributed by atoms with Gasteiger partial charge in [-0.1, -0.05) is 118 Å². The number of aromatic nitrogens is 2. The van der Waals surface area contributed by atoms with Gasteiger partial charge in [0.25, 0.3) is 0 Å². The summed E-state index contributed by atoms with van der Waals surface area (Å²) in [7, 11) is 0. The van der Waals surface area contributed by atoms with E-state index in [1.54, 1.807) is 29.5 Å². The van der Waals surface area contributed by atoms with E-state index in [-0.39, 0.29) is 11.8 Å². The molecule has 0 radical (unpaired) electrons. The van der Waals surface area contributed by atoms with E-state index >= 15 is 0 Å². The third kappa shape index (κ3) is 5.05. The molecule has 0 amide bonds. The fraction of sp³-hybridized carbons (Fsp3) is 0.178. The Balaban J connectivity index is 1.41. The number of nitrogens with zero attached hydrogens (tertiary/aromatic N) is 2. The number of rotatable bonds is 6. The standard InChI is InChI=1S/C45H40N2S/c1-27(2)37-24-34(31-12-8-7-9-13-31)25-38(28(3)4)43(37)47-40-15-11-10-14-39(40)46-45(47)36-22-18-30(6)42-35-23-21-33(26-41(35)48-44(36)42)32-19-16-29(5)17-20-32/h7-28H,1-6H3/i5D3,6D3. The number of fused-ring (bicyclic) bond motifs is 4. The zero-order valence-electron chi connectivity index (χ0n) is 33.5. The van der Waals surface area contributed by atoms with Crippen molar-refractivity contribution < 1.29 is 8.22 Å². The van der Waals surface area contributed by atoms with Crippen LogP contribution in [0, 0.1) is 13.7 Å². The molecule has 0 spiro atoms. The molecule has 8 aromatic rings. The maximum atomic E-state index is 8.57. The third-order valence-electron chi connectivity index (χ3n) is 9.38. The van der Waals surface area contributed by atoms with Crippen LogP contribution in [0.3, 0.4) is 0 Å². The minimum atomic E-state index is -2.34. The smallest absolute Gasteiger partial charge is 0.147 e. The predicted molar refractivity (Wildman–Crippen MR) is 208 cm³/mol. The molecule has 0 saturated carbocycles. The molecule has 48 heavy (non-hydrogen) atoms. The summed E-state index contributed by atoms with van der Waals surface area (Å²) >= 11 is 1.57. The van der Waals surface area contributed by atoms with Gasteiger partial charge in [-0.3, -0.25) is 4.57 Å². The number of aryl methyl sites for hydroxylation is 2. The summed E-state index contributed by atoms with van der Waals surface area (Å²) in [4.78, 5) is 5.33. The van der Waals surface area contributed by atoms with E-state index in [1.165, 1.54) is 22.3 Å². The van der Waals surface area contributed by atoms with Crippen molar-refractivity contribution in [2.75, 3.05) is 0 Å². The molecule has 0 aliphatic heterocycles. The van der Waals surface area contributed by atoms with Crippen molar-refractivity contribution in [3.8, 4) is 39.3 Å². The van der Waals surface area contributed by atoms with Crippen LogP contribution in [-0.4, -0.2) is 9.55 Å². The van der Waals surface area contributed by atoms with Crippen LogP contribution in [0.1, 0.15) is 70.0 Å². The van der Waals surface area contributed by atoms with Gasteiger partial charge in [0.1, 0.15) is 5.82 Å². The van der Waals surface area contributed by atoms with Gasteiger partial charge < -0.3 is 0 Å². The summed E-state index contributed by atoms with van der Waals surface area (Å²) in [6.07, 6.45) is 0. The molecule has 2 nitrogen and oxygen atoms in total. The minimum absolute atomic E-state index is 0.199. The lowest BCUT2D eigenvalue weighted by molar-refractivity contribution is 0.812. The lowest BCUT2D eigenvalue weighted by atomic mass is 9.88. The first kappa shape index (κ1) is 24.2. The van der Waals surface area contributed by atoms with Crippen molar-refractivity contribution in [1.29, 1.82) is 0 Å². The van der Waals surface area contributed by atoms with E-state index in [4.69, 9.17) is 13.2 Å². The number of hydrogen-bond acceptors (Lipinski definition) is 2. The quantitative estimate of drug-likeness (QED) is 0.176. The molecule has 0 bridgehead atoms. The molecular formula is C45H40N2S. The number of para-hydroxylation sites is 2. The molecule has 0 fully saturated rings. The van der Waals surface area contributed by atoms with Crippen molar-refractivity contribution in [2.45, 2.75) is 53.2 Å². The Morgan fingerprint density at radius 3 is 2.04 bits per heavy atom. The highest BCUT2D eigenvalue weighted by molar-refractivity contribution is 7.26.